The van der Waals surface area contributed by atoms with Gasteiger partial charge < -0.3 is 14.6 Å². The lowest BCUT2D eigenvalue weighted by Gasteiger charge is -2.33. The summed E-state index contributed by atoms with van der Waals surface area (Å²) in [5, 5.41) is 9.34. The number of amides is 1. The lowest BCUT2D eigenvalue weighted by atomic mass is 9.92. The summed E-state index contributed by atoms with van der Waals surface area (Å²) in [6.07, 6.45) is -0.608. The van der Waals surface area contributed by atoms with E-state index in [2.05, 4.69) is 0 Å². The minimum atomic E-state index is -1.13. The molecule has 1 aliphatic heterocycles. The summed E-state index contributed by atoms with van der Waals surface area (Å²) in [6, 6.07) is 14.2. The number of esters is 1. The van der Waals surface area contributed by atoms with Crippen LogP contribution in [0.1, 0.15) is 22.7 Å². The van der Waals surface area contributed by atoms with Crippen LogP contribution in [0.3, 0.4) is 0 Å². The largest absolute Gasteiger partial charge is 0.489 e. The number of fused-ring (bicyclic) bond motifs is 1. The van der Waals surface area contributed by atoms with Crippen molar-refractivity contribution in [1.29, 1.82) is 0 Å². The molecule has 0 radical (unpaired) electrons. The van der Waals surface area contributed by atoms with Crippen molar-refractivity contribution in [2.45, 2.75) is 19.1 Å². The number of carbonyl (C=O) groups is 2. The standard InChI is InChI=1S/C19H19NO5/c1-24-18(21)17-16-8-7-15(25-12-13-5-3-2-4-6-13)11-14(16)9-10-20(17)19(22)23/h2-8,11,17H,9-10,12H2,1H3,(H,22,23). The Morgan fingerprint density at radius 1 is 1.20 bits per heavy atom. The SMILES string of the molecule is COC(=O)C1c2ccc(OCc3ccccc3)cc2CCN1C(=O)O. The maximum Gasteiger partial charge on any atom is 0.408 e. The minimum Gasteiger partial charge on any atom is -0.489 e. The van der Waals surface area contributed by atoms with Crippen LogP contribution in [0.5, 0.6) is 5.75 Å². The molecule has 0 aromatic heterocycles. The van der Waals surface area contributed by atoms with Crippen molar-refractivity contribution in [1.82, 2.24) is 4.90 Å². The van der Waals surface area contributed by atoms with Crippen molar-refractivity contribution in [3.8, 4) is 5.75 Å². The van der Waals surface area contributed by atoms with Crippen LogP contribution in [-0.4, -0.2) is 35.7 Å². The van der Waals surface area contributed by atoms with Crippen molar-refractivity contribution in [2.24, 2.45) is 0 Å². The maximum absolute atomic E-state index is 12.1. The minimum absolute atomic E-state index is 0.240. The van der Waals surface area contributed by atoms with Gasteiger partial charge in [-0.15, -0.1) is 0 Å². The van der Waals surface area contributed by atoms with Crippen molar-refractivity contribution in [3.63, 3.8) is 0 Å². The highest BCUT2D eigenvalue weighted by atomic mass is 16.5. The molecule has 1 unspecified atom stereocenters. The zero-order valence-electron chi connectivity index (χ0n) is 13.8. The van der Waals surface area contributed by atoms with E-state index in [1.165, 1.54) is 7.11 Å². The molecule has 1 N–H and O–H groups in total. The Bertz CT molecular complexity index is 775. The van der Waals surface area contributed by atoms with Gasteiger partial charge in [0.2, 0.25) is 0 Å². The summed E-state index contributed by atoms with van der Waals surface area (Å²) < 4.78 is 10.6. The molecule has 0 saturated heterocycles. The Morgan fingerprint density at radius 2 is 1.96 bits per heavy atom. The number of nitrogens with zero attached hydrogens (tertiary/aromatic N) is 1. The lowest BCUT2D eigenvalue weighted by Crippen LogP contribution is -2.43. The van der Waals surface area contributed by atoms with E-state index in [9.17, 15) is 14.7 Å². The zero-order valence-corrected chi connectivity index (χ0v) is 13.8. The van der Waals surface area contributed by atoms with E-state index in [1.807, 2.05) is 36.4 Å². The molecular weight excluding hydrogens is 322 g/mol. The van der Waals surface area contributed by atoms with Gasteiger partial charge in [-0.1, -0.05) is 36.4 Å². The number of hydrogen-bond acceptors (Lipinski definition) is 4. The van der Waals surface area contributed by atoms with Crippen LogP contribution < -0.4 is 4.74 Å². The summed E-state index contributed by atoms with van der Waals surface area (Å²) in [5.74, 6) is 0.108. The molecular formula is C19H19NO5. The maximum atomic E-state index is 12.1. The van der Waals surface area contributed by atoms with Crippen molar-refractivity contribution >= 4 is 12.1 Å². The van der Waals surface area contributed by atoms with Gasteiger partial charge >= 0.3 is 12.1 Å². The Kier molecular flexibility index (Phi) is 4.88. The molecule has 2 aromatic rings. The van der Waals surface area contributed by atoms with Gasteiger partial charge in [0.15, 0.2) is 6.04 Å². The third-order valence-corrected chi connectivity index (χ3v) is 4.26. The predicted molar refractivity (Wildman–Crippen MR) is 90.4 cm³/mol. The Labute approximate surface area is 145 Å². The number of carbonyl (C=O) groups excluding carboxylic acids is 1. The first-order valence-corrected chi connectivity index (χ1v) is 7.97. The second-order valence-corrected chi connectivity index (χ2v) is 5.79. The molecule has 3 rings (SSSR count). The fourth-order valence-electron chi connectivity index (χ4n) is 3.01. The first-order valence-electron chi connectivity index (χ1n) is 7.97. The van der Waals surface area contributed by atoms with Gasteiger partial charge in [-0.3, -0.25) is 4.90 Å². The number of ether oxygens (including phenoxy) is 2. The van der Waals surface area contributed by atoms with E-state index in [1.54, 1.807) is 12.1 Å². The van der Waals surface area contributed by atoms with Crippen LogP contribution >= 0.6 is 0 Å². The van der Waals surface area contributed by atoms with E-state index < -0.39 is 18.1 Å². The normalized spacial score (nSPS) is 16.0. The third kappa shape index (κ3) is 3.57. The molecule has 130 valence electrons. The predicted octanol–water partition coefficient (Wildman–Crippen LogP) is 3.02. The molecule has 2 aromatic carbocycles. The molecule has 6 nitrogen and oxygen atoms in total. The molecule has 1 amide bonds. The van der Waals surface area contributed by atoms with Crippen molar-refractivity contribution < 1.29 is 24.2 Å². The number of carboxylic acid groups (broad SMARTS) is 1. The summed E-state index contributed by atoms with van der Waals surface area (Å²) in [5.41, 5.74) is 2.61. The van der Waals surface area contributed by atoms with Gasteiger partial charge in [0.25, 0.3) is 0 Å². The van der Waals surface area contributed by atoms with Gasteiger partial charge in [0, 0.05) is 6.54 Å². The Hall–Kier alpha value is -3.02. The quantitative estimate of drug-likeness (QED) is 0.865. The second-order valence-electron chi connectivity index (χ2n) is 5.79. The lowest BCUT2D eigenvalue weighted by molar-refractivity contribution is -0.146. The van der Waals surface area contributed by atoms with Crippen LogP contribution in [0.15, 0.2) is 48.5 Å². The molecule has 1 aliphatic rings. The van der Waals surface area contributed by atoms with Gasteiger partial charge in [0.05, 0.1) is 7.11 Å². The Morgan fingerprint density at radius 3 is 2.64 bits per heavy atom. The zero-order chi connectivity index (χ0) is 17.8. The van der Waals surface area contributed by atoms with Crippen molar-refractivity contribution in [2.75, 3.05) is 13.7 Å². The number of benzene rings is 2. The van der Waals surface area contributed by atoms with Crippen LogP contribution in [0.4, 0.5) is 4.79 Å². The summed E-state index contributed by atoms with van der Waals surface area (Å²) in [4.78, 5) is 24.6. The smallest absolute Gasteiger partial charge is 0.408 e. The monoisotopic (exact) mass is 341 g/mol. The van der Waals surface area contributed by atoms with E-state index >= 15 is 0 Å². The number of hydrogen-bond donors (Lipinski definition) is 1. The number of methoxy groups -OCH3 is 1. The van der Waals surface area contributed by atoms with Gasteiger partial charge in [-0.2, -0.15) is 0 Å². The second kappa shape index (κ2) is 7.25. The van der Waals surface area contributed by atoms with Gasteiger partial charge in [0.1, 0.15) is 12.4 Å². The van der Waals surface area contributed by atoms with Crippen LogP contribution in [-0.2, 0) is 22.6 Å². The highest BCUT2D eigenvalue weighted by Crippen LogP contribution is 2.33. The third-order valence-electron chi connectivity index (χ3n) is 4.26. The van der Waals surface area contributed by atoms with E-state index in [0.29, 0.717) is 24.3 Å². The molecule has 0 fully saturated rings. The molecule has 0 spiro atoms. The van der Waals surface area contributed by atoms with E-state index in [0.717, 1.165) is 16.0 Å². The fourth-order valence-corrected chi connectivity index (χ4v) is 3.01. The highest BCUT2D eigenvalue weighted by molar-refractivity contribution is 5.83. The number of rotatable bonds is 4. The first kappa shape index (κ1) is 16.8. The molecule has 6 heteroatoms. The van der Waals surface area contributed by atoms with Crippen LogP contribution in [0.25, 0.3) is 0 Å². The summed E-state index contributed by atoms with van der Waals surface area (Å²) in [6.45, 7) is 0.686. The van der Waals surface area contributed by atoms with Gasteiger partial charge in [-0.05, 0) is 35.2 Å². The summed E-state index contributed by atoms with van der Waals surface area (Å²) in [7, 11) is 1.26. The first-order chi connectivity index (χ1) is 12.1. The molecule has 1 atom stereocenters. The van der Waals surface area contributed by atoms with Crippen LogP contribution in [0.2, 0.25) is 0 Å². The fraction of sp³-hybridized carbons (Fsp3) is 0.263. The Balaban J connectivity index is 1.82. The van der Waals surface area contributed by atoms with Gasteiger partial charge in [-0.25, -0.2) is 9.59 Å². The average molecular weight is 341 g/mol. The molecule has 25 heavy (non-hydrogen) atoms. The van der Waals surface area contributed by atoms with E-state index in [-0.39, 0.29) is 6.54 Å². The molecule has 1 heterocycles. The van der Waals surface area contributed by atoms with Crippen molar-refractivity contribution in [3.05, 3.63) is 65.2 Å². The topological polar surface area (TPSA) is 76.1 Å². The summed E-state index contributed by atoms with van der Waals surface area (Å²) >= 11 is 0. The average Bonchev–Trinajstić information content (AvgIpc) is 2.65. The molecule has 0 aliphatic carbocycles. The van der Waals surface area contributed by atoms with Crippen LogP contribution in [0, 0.1) is 0 Å². The van der Waals surface area contributed by atoms with E-state index in [4.69, 9.17) is 9.47 Å². The molecule has 0 bridgehead atoms. The molecule has 0 saturated carbocycles. The highest BCUT2D eigenvalue weighted by Gasteiger charge is 2.36.